The smallest absolute Gasteiger partial charge is 0.247 e. The van der Waals surface area contributed by atoms with E-state index in [1.54, 1.807) is 0 Å². The van der Waals surface area contributed by atoms with Gasteiger partial charge in [0.1, 0.15) is 0 Å². The van der Waals surface area contributed by atoms with Crippen LogP contribution in [0.2, 0.25) is 0 Å². The fraction of sp³-hybridized carbons (Fsp3) is 0.435. The van der Waals surface area contributed by atoms with E-state index in [-0.39, 0.29) is 17.3 Å². The number of carbonyl (C=O) groups is 2. The Labute approximate surface area is 221 Å². The second-order valence-corrected chi connectivity index (χ2v) is 11.9. The van der Waals surface area contributed by atoms with Crippen molar-refractivity contribution in [2.45, 2.75) is 54.9 Å². The normalized spacial score (nSPS) is 17.6. The molecule has 0 radical (unpaired) electrons. The number of sulfone groups is 1. The fourth-order valence-corrected chi connectivity index (χ4v) is 5.88. The fourth-order valence-electron chi connectivity index (χ4n) is 4.10. The summed E-state index contributed by atoms with van der Waals surface area (Å²) in [5, 5.41) is 0. The van der Waals surface area contributed by atoms with Crippen molar-refractivity contribution < 1.29 is 67.1 Å². The third-order valence-corrected chi connectivity index (χ3v) is 9.07. The predicted molar refractivity (Wildman–Crippen MR) is 117 cm³/mol. The highest BCUT2D eigenvalue weighted by Crippen LogP contribution is 2.40. The Balaban J connectivity index is 1.93. The number of hydrogen-bond donors (Lipinski definition) is 0. The number of hydrogen-bond acceptors (Lipinski definition) is 5. The second kappa shape index (κ2) is 10.2. The summed E-state index contributed by atoms with van der Waals surface area (Å²) < 4.78 is 142. The van der Waals surface area contributed by atoms with Gasteiger partial charge in [-0.1, -0.05) is 6.07 Å². The molecule has 1 fully saturated rings. The molecule has 1 amide bonds. The molecule has 40 heavy (non-hydrogen) atoms. The van der Waals surface area contributed by atoms with Crippen LogP contribution < -0.4 is 14.5 Å². The van der Waals surface area contributed by atoms with Gasteiger partial charge < -0.3 is 0 Å². The summed E-state index contributed by atoms with van der Waals surface area (Å²) in [7, 11) is -4.48. The first-order valence-corrected chi connectivity index (χ1v) is 12.7. The van der Waals surface area contributed by atoms with Crippen molar-refractivity contribution >= 4 is 27.5 Å². The lowest BCUT2D eigenvalue weighted by Crippen LogP contribution is -2.57. The summed E-state index contributed by atoms with van der Waals surface area (Å²) in [6.07, 6.45) is -16.2. The average Bonchev–Trinajstić information content (AvgIpc) is 2.82. The largest absolute Gasteiger partial charge is 0.495 e. The summed E-state index contributed by atoms with van der Waals surface area (Å²) >= 11 is 0. The van der Waals surface area contributed by atoms with E-state index in [1.165, 1.54) is 13.8 Å². The molecule has 17 heteroatoms. The topological polar surface area (TPSA) is 84.6 Å². The maximum Gasteiger partial charge on any atom is 0.495 e. The molecule has 3 rings (SSSR count). The van der Waals surface area contributed by atoms with Crippen molar-refractivity contribution in [3.8, 4) is 0 Å². The number of nitrogens with zero attached hydrogens (tertiary/aromatic N) is 2. The van der Waals surface area contributed by atoms with Gasteiger partial charge in [-0.25, -0.2) is 22.8 Å². The Kier molecular flexibility index (Phi) is 7.97. The van der Waals surface area contributed by atoms with Crippen molar-refractivity contribution in [1.82, 2.24) is 0 Å². The number of anilines is 1. The molecule has 0 aliphatic carbocycles. The maximum absolute atomic E-state index is 13.3. The molecule has 1 aromatic carbocycles. The van der Waals surface area contributed by atoms with Gasteiger partial charge in [-0.15, -0.1) is 0 Å². The summed E-state index contributed by atoms with van der Waals surface area (Å²) in [4.78, 5) is 28.5. The number of piperidine rings is 1. The van der Waals surface area contributed by atoms with Gasteiger partial charge >= 0.3 is 36.2 Å². The number of amides is 1. The Morgan fingerprint density at radius 2 is 1.55 bits per heavy atom. The predicted octanol–water partition coefficient (Wildman–Crippen LogP) is 4.52. The van der Waals surface area contributed by atoms with E-state index in [1.807, 2.05) is 0 Å². The van der Waals surface area contributed by atoms with Crippen molar-refractivity contribution in [3.63, 3.8) is 0 Å². The number of halogens is 9. The summed E-state index contributed by atoms with van der Waals surface area (Å²) in [5.41, 5.74) is -2.71. The van der Waals surface area contributed by atoms with Gasteiger partial charge in [-0.3, -0.25) is 0 Å². The molecule has 1 unspecified atom stereocenters. The molecule has 0 bridgehead atoms. The van der Waals surface area contributed by atoms with E-state index >= 15 is 0 Å². The highest BCUT2D eigenvalue weighted by Gasteiger charge is 2.50. The molecule has 0 N–H and O–H groups in total. The molecule has 1 saturated heterocycles. The van der Waals surface area contributed by atoms with Crippen LogP contribution in [0, 0.1) is 5.92 Å². The van der Waals surface area contributed by atoms with E-state index in [9.17, 15) is 57.5 Å². The minimum absolute atomic E-state index is 0.0420. The van der Waals surface area contributed by atoms with Crippen molar-refractivity contribution in [2.75, 3.05) is 11.4 Å². The number of rotatable bonds is 5. The van der Waals surface area contributed by atoms with Gasteiger partial charge in [-0.05, 0) is 55.2 Å². The van der Waals surface area contributed by atoms with Crippen LogP contribution in [0.4, 0.5) is 45.3 Å². The lowest BCUT2D eigenvalue weighted by atomic mass is 9.85. The summed E-state index contributed by atoms with van der Waals surface area (Å²) in [6.45, 7) is 1.96. The van der Waals surface area contributed by atoms with Crippen LogP contribution in [0.15, 0.2) is 47.5 Å². The molecule has 0 saturated carbocycles. The number of carbonyl (C=O) groups excluding carboxylic acids is 2. The minimum atomic E-state index is -5.59. The first-order chi connectivity index (χ1) is 18.1. The van der Waals surface area contributed by atoms with Gasteiger partial charge in [0.25, 0.3) is 0 Å². The lowest BCUT2D eigenvalue weighted by molar-refractivity contribution is -0.860. The SMILES string of the molecule is CC(C)(C1CCN(c2ccc(C(F)(F)F)c[n+]2OC(=O)C(F)(F)F)C(=O)C1)S(=O)(=O)c1cccc(C(F)(F)F)c1. The maximum atomic E-state index is 13.3. The van der Waals surface area contributed by atoms with E-state index < -0.39 is 85.7 Å². The standard InChI is InChI=1S/C23H20F9N2O5S/c1-20(2,40(37,38)16-5-3-4-14(10-16)21(24,25)26)13-8-9-33(18(35)11-13)17-7-6-15(22(27,28)29)12-34(17)39-19(36)23(30,31)32/h3-7,10,12-13H,8-9,11H2,1-2H3/q+1. The average molecular weight is 607 g/mol. The number of aromatic nitrogens is 1. The Bertz CT molecular complexity index is 1420. The van der Waals surface area contributed by atoms with Crippen molar-refractivity contribution in [2.24, 2.45) is 5.92 Å². The zero-order chi connectivity index (χ0) is 30.5. The highest BCUT2D eigenvalue weighted by molar-refractivity contribution is 7.92. The third-order valence-electron chi connectivity index (χ3n) is 6.48. The van der Waals surface area contributed by atoms with Crippen LogP contribution in [0.5, 0.6) is 0 Å². The molecular weight excluding hydrogens is 587 g/mol. The lowest BCUT2D eigenvalue weighted by Gasteiger charge is -2.37. The molecule has 1 aliphatic rings. The molecule has 7 nitrogen and oxygen atoms in total. The van der Waals surface area contributed by atoms with Crippen LogP contribution >= 0.6 is 0 Å². The first kappa shape index (κ1) is 31.2. The van der Waals surface area contributed by atoms with Crippen LogP contribution in [-0.2, 0) is 31.8 Å². The van der Waals surface area contributed by atoms with Gasteiger partial charge in [0.05, 0.1) is 33.7 Å². The Hall–Kier alpha value is -3.37. The number of benzene rings is 1. The molecule has 2 aromatic rings. The zero-order valence-electron chi connectivity index (χ0n) is 20.5. The Morgan fingerprint density at radius 1 is 0.950 bits per heavy atom. The summed E-state index contributed by atoms with van der Waals surface area (Å²) in [6, 6.07) is 4.05. The van der Waals surface area contributed by atoms with Crippen LogP contribution in [-0.4, -0.2) is 37.8 Å². The van der Waals surface area contributed by atoms with Gasteiger partial charge in [0, 0.05) is 6.07 Å². The molecule has 2 heterocycles. The van der Waals surface area contributed by atoms with E-state index in [4.69, 9.17) is 0 Å². The van der Waals surface area contributed by atoms with Gasteiger partial charge in [0.2, 0.25) is 0 Å². The zero-order valence-corrected chi connectivity index (χ0v) is 21.3. The number of pyridine rings is 1. The van der Waals surface area contributed by atoms with Gasteiger partial charge in [-0.2, -0.15) is 44.4 Å². The van der Waals surface area contributed by atoms with E-state index in [2.05, 4.69) is 4.84 Å². The Morgan fingerprint density at radius 3 is 2.08 bits per heavy atom. The molecule has 1 aromatic heterocycles. The van der Waals surface area contributed by atoms with Crippen molar-refractivity contribution in [1.29, 1.82) is 0 Å². The monoisotopic (exact) mass is 607 g/mol. The van der Waals surface area contributed by atoms with Crippen LogP contribution in [0.3, 0.4) is 0 Å². The van der Waals surface area contributed by atoms with Gasteiger partial charge in [0.15, 0.2) is 16.0 Å². The van der Waals surface area contributed by atoms with Crippen LogP contribution in [0.25, 0.3) is 0 Å². The number of alkyl halides is 9. The second-order valence-electron chi connectivity index (χ2n) is 9.34. The third kappa shape index (κ3) is 6.18. The quantitative estimate of drug-likeness (QED) is 0.369. The molecule has 0 spiro atoms. The molecule has 1 aliphatic heterocycles. The molecule has 220 valence electrons. The minimum Gasteiger partial charge on any atom is -0.247 e. The molecular formula is C23H20F9N2O5S+. The van der Waals surface area contributed by atoms with E-state index in [0.717, 1.165) is 12.1 Å². The van der Waals surface area contributed by atoms with Crippen LogP contribution in [0.1, 0.15) is 37.8 Å². The van der Waals surface area contributed by atoms with E-state index in [0.29, 0.717) is 29.2 Å². The summed E-state index contributed by atoms with van der Waals surface area (Å²) in [5.74, 6) is -5.50. The highest BCUT2D eigenvalue weighted by atomic mass is 32.2. The first-order valence-electron chi connectivity index (χ1n) is 11.2. The van der Waals surface area contributed by atoms with Crippen molar-refractivity contribution in [3.05, 3.63) is 53.7 Å². The molecule has 1 atom stereocenters.